The summed E-state index contributed by atoms with van der Waals surface area (Å²) >= 11 is 0. The minimum Gasteiger partial charge on any atom is -0.342 e. The highest BCUT2D eigenvalue weighted by Gasteiger charge is 2.27. The number of hydrogen-bond donors (Lipinski definition) is 2. The highest BCUT2D eigenvalue weighted by atomic mass is 32.2. The predicted octanol–water partition coefficient (Wildman–Crippen LogP) is 3.27. The average molecular weight is 427 g/mol. The summed E-state index contributed by atoms with van der Waals surface area (Å²) in [6.45, 7) is 4.81. The van der Waals surface area contributed by atoms with Crippen molar-refractivity contribution in [2.75, 3.05) is 13.1 Å². The Kier molecular flexibility index (Phi) is 5.62. The van der Waals surface area contributed by atoms with E-state index in [0.717, 1.165) is 29.7 Å². The summed E-state index contributed by atoms with van der Waals surface area (Å²) in [6.07, 6.45) is 1.87. The summed E-state index contributed by atoms with van der Waals surface area (Å²) in [7, 11) is -3.57. The molecule has 1 fully saturated rings. The Hall–Kier alpha value is -2.71. The van der Waals surface area contributed by atoms with Crippen LogP contribution < -0.4 is 4.72 Å². The first kappa shape index (κ1) is 20.6. The number of rotatable bonds is 5. The van der Waals surface area contributed by atoms with Gasteiger partial charge in [-0.15, -0.1) is 0 Å². The van der Waals surface area contributed by atoms with Crippen molar-refractivity contribution in [1.82, 2.24) is 19.6 Å². The normalized spacial score (nSPS) is 17.6. The number of fused-ring (bicyclic) bond motifs is 1. The Labute approximate surface area is 176 Å². The topological polar surface area (TPSA) is 95.2 Å². The van der Waals surface area contributed by atoms with Gasteiger partial charge in [0.15, 0.2) is 0 Å². The van der Waals surface area contributed by atoms with Gasteiger partial charge >= 0.3 is 0 Å². The van der Waals surface area contributed by atoms with Crippen molar-refractivity contribution in [2.24, 2.45) is 0 Å². The van der Waals surface area contributed by atoms with Crippen LogP contribution in [0.2, 0.25) is 0 Å². The van der Waals surface area contributed by atoms with E-state index in [1.54, 1.807) is 26.0 Å². The molecule has 158 valence electrons. The SMILES string of the molecule is CC(C)NS(=O)(=O)c1ccc(C(=O)N2CCC[C@H](c3nc4ccccc4[nH]3)C2)cc1. The monoisotopic (exact) mass is 426 g/mol. The predicted molar refractivity (Wildman–Crippen MR) is 116 cm³/mol. The van der Waals surface area contributed by atoms with Gasteiger partial charge in [0.1, 0.15) is 5.82 Å². The molecular formula is C22H26N4O3S. The number of likely N-dealkylation sites (tertiary alicyclic amines) is 1. The smallest absolute Gasteiger partial charge is 0.253 e. The number of hydrogen-bond acceptors (Lipinski definition) is 4. The molecule has 1 saturated heterocycles. The molecule has 4 rings (SSSR count). The number of H-pyrrole nitrogens is 1. The van der Waals surface area contributed by atoms with Gasteiger partial charge in [0.05, 0.1) is 15.9 Å². The maximum Gasteiger partial charge on any atom is 0.253 e. The van der Waals surface area contributed by atoms with Crippen molar-refractivity contribution >= 4 is 27.0 Å². The van der Waals surface area contributed by atoms with Crippen LogP contribution in [0.15, 0.2) is 53.4 Å². The summed E-state index contributed by atoms with van der Waals surface area (Å²) < 4.78 is 27.1. The van der Waals surface area contributed by atoms with Gasteiger partial charge in [-0.3, -0.25) is 4.79 Å². The number of imidazole rings is 1. The van der Waals surface area contributed by atoms with E-state index < -0.39 is 10.0 Å². The quantitative estimate of drug-likeness (QED) is 0.655. The van der Waals surface area contributed by atoms with Crippen LogP contribution >= 0.6 is 0 Å². The third-order valence-corrected chi connectivity index (χ3v) is 6.98. The van der Waals surface area contributed by atoms with E-state index >= 15 is 0 Å². The molecule has 8 heteroatoms. The van der Waals surface area contributed by atoms with E-state index in [1.807, 2.05) is 29.2 Å². The van der Waals surface area contributed by atoms with Gasteiger partial charge in [-0.05, 0) is 63.1 Å². The van der Waals surface area contributed by atoms with Gasteiger partial charge in [-0.2, -0.15) is 0 Å². The van der Waals surface area contributed by atoms with Crippen molar-refractivity contribution in [2.45, 2.75) is 43.5 Å². The van der Waals surface area contributed by atoms with Crippen LogP contribution in [0.3, 0.4) is 0 Å². The van der Waals surface area contributed by atoms with Gasteiger partial charge in [0, 0.05) is 30.6 Å². The highest BCUT2D eigenvalue weighted by molar-refractivity contribution is 7.89. The number of carbonyl (C=O) groups excluding carboxylic acids is 1. The molecule has 0 saturated carbocycles. The molecule has 7 nitrogen and oxygen atoms in total. The molecule has 30 heavy (non-hydrogen) atoms. The second-order valence-corrected chi connectivity index (χ2v) is 9.74. The number of amides is 1. The Morgan fingerprint density at radius 2 is 1.90 bits per heavy atom. The molecule has 1 aliphatic heterocycles. The number of aromatic amines is 1. The zero-order chi connectivity index (χ0) is 21.3. The lowest BCUT2D eigenvalue weighted by Crippen LogP contribution is -2.39. The van der Waals surface area contributed by atoms with E-state index in [-0.39, 0.29) is 22.8 Å². The number of carbonyl (C=O) groups is 1. The molecule has 3 aromatic rings. The van der Waals surface area contributed by atoms with Gasteiger partial charge in [0.2, 0.25) is 10.0 Å². The molecule has 0 unspecified atom stereocenters. The highest BCUT2D eigenvalue weighted by Crippen LogP contribution is 2.27. The van der Waals surface area contributed by atoms with Crippen molar-refractivity contribution in [1.29, 1.82) is 0 Å². The lowest BCUT2D eigenvalue weighted by molar-refractivity contribution is 0.0705. The van der Waals surface area contributed by atoms with Gasteiger partial charge in [-0.25, -0.2) is 18.1 Å². The standard InChI is InChI=1S/C22H26N4O3S/c1-15(2)25-30(28,29)18-11-9-16(10-12-18)22(27)26-13-5-6-17(14-26)21-23-19-7-3-4-8-20(19)24-21/h3-4,7-12,15,17,25H,5-6,13-14H2,1-2H3,(H,23,24)/t17-/m0/s1. The summed E-state index contributed by atoms with van der Waals surface area (Å²) in [4.78, 5) is 23.1. The summed E-state index contributed by atoms with van der Waals surface area (Å²) in [6, 6.07) is 13.9. The van der Waals surface area contributed by atoms with Crippen LogP contribution in [0.5, 0.6) is 0 Å². The second-order valence-electron chi connectivity index (χ2n) is 8.03. The van der Waals surface area contributed by atoms with Gasteiger partial charge in [0.25, 0.3) is 5.91 Å². The van der Waals surface area contributed by atoms with Crippen LogP contribution in [-0.2, 0) is 10.0 Å². The molecule has 0 aliphatic carbocycles. The lowest BCUT2D eigenvalue weighted by atomic mass is 9.96. The Bertz CT molecular complexity index is 1120. The molecule has 0 bridgehead atoms. The summed E-state index contributed by atoms with van der Waals surface area (Å²) in [5.41, 5.74) is 2.43. The molecule has 2 aromatic carbocycles. The number of nitrogens with one attached hydrogen (secondary N) is 2. The lowest BCUT2D eigenvalue weighted by Gasteiger charge is -2.32. The molecule has 2 N–H and O–H groups in total. The Morgan fingerprint density at radius 1 is 1.17 bits per heavy atom. The van der Waals surface area contributed by atoms with E-state index in [2.05, 4.69) is 9.71 Å². The van der Waals surface area contributed by atoms with Crippen molar-refractivity contribution in [3.63, 3.8) is 0 Å². The number of aromatic nitrogens is 2. The maximum atomic E-state index is 13.0. The minimum atomic E-state index is -3.57. The largest absolute Gasteiger partial charge is 0.342 e. The third-order valence-electron chi connectivity index (χ3n) is 5.31. The van der Waals surface area contributed by atoms with Crippen LogP contribution in [-0.4, -0.2) is 48.3 Å². The van der Waals surface area contributed by atoms with Crippen molar-refractivity contribution in [3.05, 3.63) is 59.9 Å². The number of para-hydroxylation sites is 2. The van der Waals surface area contributed by atoms with E-state index in [4.69, 9.17) is 4.98 Å². The number of nitrogens with zero attached hydrogens (tertiary/aromatic N) is 2. The molecule has 1 atom stereocenters. The molecule has 1 aliphatic rings. The average Bonchev–Trinajstić information content (AvgIpc) is 3.17. The first-order valence-corrected chi connectivity index (χ1v) is 11.7. The second kappa shape index (κ2) is 8.20. The number of benzene rings is 2. The maximum absolute atomic E-state index is 13.0. The summed E-state index contributed by atoms with van der Waals surface area (Å²) in [5.74, 6) is 0.983. The molecule has 0 spiro atoms. The van der Waals surface area contributed by atoms with Crippen LogP contribution in [0, 0.1) is 0 Å². The molecule has 1 amide bonds. The van der Waals surface area contributed by atoms with Gasteiger partial charge < -0.3 is 9.88 Å². The van der Waals surface area contributed by atoms with E-state index in [0.29, 0.717) is 18.7 Å². The first-order chi connectivity index (χ1) is 14.3. The first-order valence-electron chi connectivity index (χ1n) is 10.2. The summed E-state index contributed by atoms with van der Waals surface area (Å²) in [5, 5.41) is 0. The third kappa shape index (κ3) is 4.24. The molecule has 1 aromatic heterocycles. The van der Waals surface area contributed by atoms with Crippen LogP contribution in [0.1, 0.15) is 48.8 Å². The molecular weight excluding hydrogens is 400 g/mol. The number of sulfonamides is 1. The Balaban J connectivity index is 1.49. The van der Waals surface area contributed by atoms with Crippen molar-refractivity contribution < 1.29 is 13.2 Å². The fraction of sp³-hybridized carbons (Fsp3) is 0.364. The van der Waals surface area contributed by atoms with Gasteiger partial charge in [-0.1, -0.05) is 12.1 Å². The van der Waals surface area contributed by atoms with E-state index in [9.17, 15) is 13.2 Å². The fourth-order valence-electron chi connectivity index (χ4n) is 3.89. The Morgan fingerprint density at radius 3 is 2.60 bits per heavy atom. The zero-order valence-corrected chi connectivity index (χ0v) is 17.9. The number of piperidine rings is 1. The van der Waals surface area contributed by atoms with Crippen LogP contribution in [0.25, 0.3) is 11.0 Å². The van der Waals surface area contributed by atoms with E-state index in [1.165, 1.54) is 12.1 Å². The fourth-order valence-corrected chi connectivity index (χ4v) is 5.14. The molecule has 0 radical (unpaired) electrons. The minimum absolute atomic E-state index is 0.0865. The van der Waals surface area contributed by atoms with Crippen molar-refractivity contribution in [3.8, 4) is 0 Å². The van der Waals surface area contributed by atoms with Crippen LogP contribution in [0.4, 0.5) is 0 Å². The zero-order valence-electron chi connectivity index (χ0n) is 17.1. The molecule has 2 heterocycles.